The minimum absolute atomic E-state index is 0.493. The van der Waals surface area contributed by atoms with Gasteiger partial charge >= 0.3 is 0 Å². The van der Waals surface area contributed by atoms with E-state index in [1.54, 1.807) is 6.92 Å². The second kappa shape index (κ2) is 2.28. The Morgan fingerprint density at radius 2 is 2.71 bits per heavy atom. The SMILES string of the molecule is [2H]N1CCNC([2H])(C)C1. The average Bonchev–Trinajstić information content (AvgIpc) is 1.60. The molecule has 0 spiro atoms. The lowest BCUT2D eigenvalue weighted by Crippen LogP contribution is -2.46. The fourth-order valence-corrected chi connectivity index (χ4v) is 0.651. The predicted octanol–water partition coefficient (Wildman–Crippen LogP) is -0.432. The van der Waals surface area contributed by atoms with Gasteiger partial charge in [0.2, 0.25) is 0 Å². The van der Waals surface area contributed by atoms with E-state index in [-0.39, 0.29) is 0 Å². The maximum Gasteiger partial charge on any atom is 0.122 e. The highest BCUT2D eigenvalue weighted by molar-refractivity contribution is 4.69. The van der Waals surface area contributed by atoms with Crippen molar-refractivity contribution in [2.75, 3.05) is 19.6 Å². The third kappa shape index (κ3) is 1.45. The van der Waals surface area contributed by atoms with Crippen molar-refractivity contribution >= 4 is 0 Å². The molecule has 0 saturated carbocycles. The molecule has 42 valence electrons. The van der Waals surface area contributed by atoms with Gasteiger partial charge in [-0.1, -0.05) is 0 Å². The molecule has 2 N–H and O–H groups in total. The Kier molecular flexibility index (Phi) is 0.995. The van der Waals surface area contributed by atoms with E-state index in [4.69, 9.17) is 2.78 Å². The highest BCUT2D eigenvalue weighted by Crippen LogP contribution is 1.80. The van der Waals surface area contributed by atoms with Gasteiger partial charge in [-0.05, 0) is 6.92 Å². The summed E-state index contributed by atoms with van der Waals surface area (Å²) < 4.78 is 14.7. The Morgan fingerprint density at radius 3 is 3.14 bits per heavy atom. The van der Waals surface area contributed by atoms with Gasteiger partial charge in [-0.2, -0.15) is 0 Å². The van der Waals surface area contributed by atoms with Gasteiger partial charge in [0.15, 0.2) is 0 Å². The van der Waals surface area contributed by atoms with Crippen molar-refractivity contribution in [2.45, 2.75) is 12.9 Å². The lowest BCUT2D eigenvalue weighted by Gasteiger charge is -2.19. The predicted molar refractivity (Wildman–Crippen MR) is 30.3 cm³/mol. The van der Waals surface area contributed by atoms with E-state index < -0.39 is 6.02 Å². The number of rotatable bonds is 0. The van der Waals surface area contributed by atoms with E-state index in [0.29, 0.717) is 6.54 Å². The Labute approximate surface area is 47.2 Å². The van der Waals surface area contributed by atoms with Crippen LogP contribution in [0.25, 0.3) is 0 Å². The van der Waals surface area contributed by atoms with E-state index in [0.717, 1.165) is 13.1 Å². The third-order valence-electron chi connectivity index (χ3n) is 1.05. The highest BCUT2D eigenvalue weighted by atomic mass is 15.0. The Balaban J connectivity index is 2.41. The van der Waals surface area contributed by atoms with Crippen molar-refractivity contribution in [2.24, 2.45) is 0 Å². The van der Waals surface area contributed by atoms with Gasteiger partial charge in [-0.15, -0.1) is 0 Å². The first-order valence-electron chi connectivity index (χ1n) is 3.54. The summed E-state index contributed by atoms with van der Waals surface area (Å²) >= 11 is 0. The maximum atomic E-state index is 7.48. The van der Waals surface area contributed by atoms with E-state index in [1.807, 2.05) is 0 Å². The molecule has 1 fully saturated rings. The van der Waals surface area contributed by atoms with Gasteiger partial charge in [0.05, 0.1) is 0 Å². The van der Waals surface area contributed by atoms with Crippen LogP contribution >= 0.6 is 0 Å². The summed E-state index contributed by atoms with van der Waals surface area (Å²) in [6, 6.07) is -0.611. The van der Waals surface area contributed by atoms with Gasteiger partial charge in [-0.3, -0.25) is 0 Å². The van der Waals surface area contributed by atoms with Crippen molar-refractivity contribution in [3.8, 4) is 0 Å². The molecule has 1 saturated heterocycles. The molecule has 0 amide bonds. The van der Waals surface area contributed by atoms with Gasteiger partial charge in [-0.25, -0.2) is 0 Å². The molecule has 1 aliphatic heterocycles. The van der Waals surface area contributed by atoms with E-state index >= 15 is 0 Å². The van der Waals surface area contributed by atoms with Crippen molar-refractivity contribution in [1.29, 1.82) is 0 Å². The van der Waals surface area contributed by atoms with E-state index in [1.165, 1.54) is 5.31 Å². The van der Waals surface area contributed by atoms with E-state index in [2.05, 4.69) is 5.32 Å². The molecule has 0 aromatic carbocycles. The molecule has 1 rings (SSSR count). The van der Waals surface area contributed by atoms with Gasteiger partial charge in [0.25, 0.3) is 0 Å². The zero-order chi connectivity index (χ0) is 6.91. The van der Waals surface area contributed by atoms with Crippen LogP contribution in [-0.4, -0.2) is 25.7 Å². The van der Waals surface area contributed by atoms with Crippen LogP contribution in [0.3, 0.4) is 0 Å². The number of nitrogens with one attached hydrogen (secondary N) is 2. The molecule has 0 aliphatic carbocycles. The first kappa shape index (κ1) is 3.05. The van der Waals surface area contributed by atoms with Gasteiger partial charge in [0, 0.05) is 27.0 Å². The lowest BCUT2D eigenvalue weighted by molar-refractivity contribution is 0.442. The molecular formula is C5H12N2. The van der Waals surface area contributed by atoms with Gasteiger partial charge < -0.3 is 10.6 Å². The lowest BCUT2D eigenvalue weighted by atomic mass is 10.3. The topological polar surface area (TPSA) is 24.1 Å². The first-order valence-corrected chi connectivity index (χ1v) is 2.59. The molecule has 0 bridgehead atoms. The van der Waals surface area contributed by atoms with Crippen molar-refractivity contribution in [3.63, 3.8) is 0 Å². The van der Waals surface area contributed by atoms with Crippen LogP contribution in [0.1, 0.15) is 8.29 Å². The summed E-state index contributed by atoms with van der Waals surface area (Å²) in [6.45, 7) is 3.76. The molecular weight excluding hydrogens is 88.1 g/mol. The molecule has 0 aromatic rings. The zero-order valence-electron chi connectivity index (χ0n) is 6.57. The number of piperazine rings is 1. The average molecular weight is 102 g/mol. The Morgan fingerprint density at radius 1 is 1.86 bits per heavy atom. The molecule has 1 unspecified atom stereocenters. The van der Waals surface area contributed by atoms with Crippen molar-refractivity contribution < 1.29 is 2.78 Å². The molecule has 1 heterocycles. The van der Waals surface area contributed by atoms with E-state index in [9.17, 15) is 0 Å². The highest BCUT2D eigenvalue weighted by Gasteiger charge is 2.03. The maximum absolute atomic E-state index is 7.48. The minimum Gasteiger partial charge on any atom is -0.314 e. The summed E-state index contributed by atoms with van der Waals surface area (Å²) in [7, 11) is 0. The summed E-state index contributed by atoms with van der Waals surface area (Å²) in [5, 5.41) is 4.41. The molecule has 0 aromatic heterocycles. The third-order valence-corrected chi connectivity index (χ3v) is 1.05. The first-order chi connectivity index (χ1) is 4.10. The van der Waals surface area contributed by atoms with Crippen LogP contribution < -0.4 is 10.6 Å². The molecule has 7 heavy (non-hydrogen) atoms. The quantitative estimate of drug-likeness (QED) is 0.433. The summed E-state index contributed by atoms with van der Waals surface area (Å²) in [4.78, 5) is 0. The van der Waals surface area contributed by atoms with Crippen LogP contribution in [0.5, 0.6) is 0 Å². The Bertz CT molecular complexity index is 105. The molecule has 0 radical (unpaired) electrons. The summed E-state index contributed by atoms with van der Waals surface area (Å²) in [5.41, 5.74) is 0. The minimum atomic E-state index is -0.611. The van der Waals surface area contributed by atoms with Crippen LogP contribution in [0.4, 0.5) is 0 Å². The zero-order valence-corrected chi connectivity index (χ0v) is 4.57. The molecule has 2 heteroatoms. The number of hydrogen-bond donors (Lipinski definition) is 2. The molecule has 1 atom stereocenters. The smallest absolute Gasteiger partial charge is 0.122 e. The van der Waals surface area contributed by atoms with Crippen LogP contribution in [0.2, 0.25) is 1.41 Å². The van der Waals surface area contributed by atoms with Crippen molar-refractivity contribution in [3.05, 3.63) is 0 Å². The van der Waals surface area contributed by atoms with Gasteiger partial charge in [0.1, 0.15) is 1.41 Å². The summed E-state index contributed by atoms with van der Waals surface area (Å²) in [5.74, 6) is 0. The number of hydrogen-bond acceptors (Lipinski definition) is 2. The van der Waals surface area contributed by atoms with Crippen LogP contribution in [0, 0.1) is 0 Å². The second-order valence-electron chi connectivity index (χ2n) is 1.81. The fourth-order valence-electron chi connectivity index (χ4n) is 0.651. The second-order valence-corrected chi connectivity index (χ2v) is 1.81. The van der Waals surface area contributed by atoms with Crippen molar-refractivity contribution in [1.82, 2.24) is 10.6 Å². The van der Waals surface area contributed by atoms with Crippen LogP contribution in [0.15, 0.2) is 0 Å². The molecule has 2 nitrogen and oxygen atoms in total. The Hall–Kier alpha value is -0.0800. The fraction of sp³-hybridized carbons (Fsp3) is 1.00. The largest absolute Gasteiger partial charge is 0.314 e. The summed E-state index contributed by atoms with van der Waals surface area (Å²) in [6.07, 6.45) is 0. The standard InChI is InChI=1S/C5H12N2/c1-5-4-6-2-3-7-5/h5-7H,2-4H2,1H3/i5D/hD. The van der Waals surface area contributed by atoms with Crippen LogP contribution in [-0.2, 0) is 0 Å². The monoisotopic (exact) mass is 102 g/mol. The molecule has 1 aliphatic rings. The normalized spacial score (nSPS) is 50.4.